The van der Waals surface area contributed by atoms with Gasteiger partial charge in [-0.25, -0.2) is 0 Å². The highest BCUT2D eigenvalue weighted by molar-refractivity contribution is 5.47. The van der Waals surface area contributed by atoms with Crippen molar-refractivity contribution in [1.82, 2.24) is 0 Å². The number of para-hydroxylation sites is 1. The third-order valence-electron chi connectivity index (χ3n) is 4.70. The molecule has 0 saturated heterocycles. The van der Waals surface area contributed by atoms with Crippen molar-refractivity contribution in [3.05, 3.63) is 54.6 Å². The Morgan fingerprint density at radius 1 is 0.870 bits per heavy atom. The highest BCUT2D eigenvalue weighted by Gasteiger charge is 2.23. The maximum absolute atomic E-state index is 9.49. The van der Waals surface area contributed by atoms with Gasteiger partial charge >= 0.3 is 0 Å². The summed E-state index contributed by atoms with van der Waals surface area (Å²) >= 11 is 0. The molecule has 0 heterocycles. The van der Waals surface area contributed by atoms with Gasteiger partial charge in [0.05, 0.1) is 0 Å². The van der Waals surface area contributed by atoms with E-state index < -0.39 is 0 Å². The molecule has 0 bridgehead atoms. The number of nitrogens with one attached hydrogen (secondary N) is 1. The van der Waals surface area contributed by atoms with E-state index in [0.29, 0.717) is 18.4 Å². The lowest BCUT2D eigenvalue weighted by Gasteiger charge is -2.30. The van der Waals surface area contributed by atoms with Crippen molar-refractivity contribution in [2.24, 2.45) is 11.8 Å². The van der Waals surface area contributed by atoms with Crippen LogP contribution >= 0.6 is 0 Å². The molecule has 2 unspecified atom stereocenters. The minimum atomic E-state index is 0.316. The highest BCUT2D eigenvalue weighted by Crippen LogP contribution is 2.30. The summed E-state index contributed by atoms with van der Waals surface area (Å²) in [4.78, 5) is 0. The van der Waals surface area contributed by atoms with Crippen molar-refractivity contribution in [2.45, 2.75) is 25.7 Å². The van der Waals surface area contributed by atoms with Gasteiger partial charge in [-0.05, 0) is 61.1 Å². The van der Waals surface area contributed by atoms with E-state index in [1.165, 1.54) is 19.3 Å². The molecule has 2 aromatic carbocycles. The molecule has 1 aliphatic rings. The van der Waals surface area contributed by atoms with Crippen LogP contribution in [0.3, 0.4) is 0 Å². The van der Waals surface area contributed by atoms with Crippen LogP contribution in [0.2, 0.25) is 0 Å². The van der Waals surface area contributed by atoms with Gasteiger partial charge in [0.15, 0.2) is 0 Å². The zero-order chi connectivity index (χ0) is 15.9. The van der Waals surface area contributed by atoms with Crippen LogP contribution in [0.1, 0.15) is 25.7 Å². The van der Waals surface area contributed by atoms with E-state index in [1.807, 2.05) is 42.5 Å². The van der Waals surface area contributed by atoms with Crippen LogP contribution in [0, 0.1) is 11.8 Å². The first-order valence-electron chi connectivity index (χ1n) is 8.53. The summed E-state index contributed by atoms with van der Waals surface area (Å²) in [5.74, 6) is 2.72. The largest absolute Gasteiger partial charge is 0.457 e. The maximum atomic E-state index is 9.49. The normalized spacial score (nSPS) is 20.9. The van der Waals surface area contributed by atoms with Gasteiger partial charge in [0.1, 0.15) is 11.5 Å². The Bertz CT molecular complexity index is 582. The average molecular weight is 311 g/mol. The molecule has 3 nitrogen and oxygen atoms in total. The fraction of sp³-hybridized carbons (Fsp3) is 0.400. The van der Waals surface area contributed by atoms with Gasteiger partial charge < -0.3 is 15.2 Å². The lowest BCUT2D eigenvalue weighted by molar-refractivity contribution is 0.141. The first-order valence-corrected chi connectivity index (χ1v) is 8.53. The summed E-state index contributed by atoms with van der Waals surface area (Å²) in [5, 5.41) is 13.0. The number of ether oxygens (including phenoxy) is 1. The molecule has 3 heteroatoms. The molecule has 2 N–H and O–H groups in total. The molecule has 1 fully saturated rings. The van der Waals surface area contributed by atoms with E-state index in [2.05, 4.69) is 17.4 Å². The van der Waals surface area contributed by atoms with Gasteiger partial charge in [-0.15, -0.1) is 0 Å². The van der Waals surface area contributed by atoms with E-state index in [1.54, 1.807) is 0 Å². The van der Waals surface area contributed by atoms with Gasteiger partial charge in [-0.3, -0.25) is 0 Å². The van der Waals surface area contributed by atoms with Crippen LogP contribution in [0.5, 0.6) is 11.5 Å². The minimum Gasteiger partial charge on any atom is -0.457 e. The number of hydrogen-bond acceptors (Lipinski definition) is 3. The molecule has 1 aliphatic carbocycles. The Morgan fingerprint density at radius 2 is 1.52 bits per heavy atom. The molecule has 23 heavy (non-hydrogen) atoms. The van der Waals surface area contributed by atoms with E-state index in [4.69, 9.17) is 4.74 Å². The molecule has 0 aromatic heterocycles. The van der Waals surface area contributed by atoms with Gasteiger partial charge in [0.2, 0.25) is 0 Å². The first kappa shape index (κ1) is 15.9. The second-order valence-electron chi connectivity index (χ2n) is 6.31. The van der Waals surface area contributed by atoms with Crippen LogP contribution < -0.4 is 10.1 Å². The van der Waals surface area contributed by atoms with Crippen molar-refractivity contribution < 1.29 is 9.84 Å². The highest BCUT2D eigenvalue weighted by atomic mass is 16.5. The molecule has 1 saturated carbocycles. The summed E-state index contributed by atoms with van der Waals surface area (Å²) in [7, 11) is 0. The lowest BCUT2D eigenvalue weighted by atomic mass is 9.79. The van der Waals surface area contributed by atoms with Crippen molar-refractivity contribution in [3.8, 4) is 11.5 Å². The molecule has 0 aliphatic heterocycles. The molecule has 0 spiro atoms. The Balaban J connectivity index is 1.53. The average Bonchev–Trinajstić information content (AvgIpc) is 2.62. The van der Waals surface area contributed by atoms with Crippen LogP contribution in [0.25, 0.3) is 0 Å². The zero-order valence-corrected chi connectivity index (χ0v) is 13.4. The minimum absolute atomic E-state index is 0.316. The van der Waals surface area contributed by atoms with Gasteiger partial charge in [-0.1, -0.05) is 31.0 Å². The lowest BCUT2D eigenvalue weighted by Crippen LogP contribution is -2.28. The Morgan fingerprint density at radius 3 is 2.22 bits per heavy atom. The molecule has 0 radical (unpaired) electrons. The zero-order valence-electron chi connectivity index (χ0n) is 13.4. The quantitative estimate of drug-likeness (QED) is 0.813. The summed E-state index contributed by atoms with van der Waals surface area (Å²) in [5.41, 5.74) is 1.10. The van der Waals surface area contributed by atoms with E-state index in [0.717, 1.165) is 30.2 Å². The number of benzene rings is 2. The number of anilines is 1. The Kier molecular flexibility index (Phi) is 5.54. The predicted octanol–water partition coefficient (Wildman–Crippen LogP) is 4.69. The van der Waals surface area contributed by atoms with Crippen molar-refractivity contribution in [1.29, 1.82) is 0 Å². The third kappa shape index (κ3) is 4.49. The number of rotatable bonds is 6. The first-order chi connectivity index (χ1) is 11.3. The molecule has 3 rings (SSSR count). The van der Waals surface area contributed by atoms with Crippen LogP contribution in [-0.2, 0) is 0 Å². The van der Waals surface area contributed by atoms with E-state index >= 15 is 0 Å². The molecule has 2 atom stereocenters. The number of hydrogen-bond donors (Lipinski definition) is 2. The van der Waals surface area contributed by atoms with Crippen LogP contribution in [0.4, 0.5) is 5.69 Å². The summed E-state index contributed by atoms with van der Waals surface area (Å²) in [6.45, 7) is 1.25. The Labute approximate surface area is 138 Å². The SMILES string of the molecule is OCC1CCCCC1CNc1ccc(Oc2ccccc2)cc1. The summed E-state index contributed by atoms with van der Waals surface area (Å²) in [6, 6.07) is 17.9. The fourth-order valence-electron chi connectivity index (χ4n) is 3.31. The third-order valence-corrected chi connectivity index (χ3v) is 4.70. The van der Waals surface area contributed by atoms with Crippen LogP contribution in [0.15, 0.2) is 54.6 Å². The smallest absolute Gasteiger partial charge is 0.127 e. The van der Waals surface area contributed by atoms with E-state index in [9.17, 15) is 5.11 Å². The second-order valence-corrected chi connectivity index (χ2v) is 6.31. The maximum Gasteiger partial charge on any atom is 0.127 e. The summed E-state index contributed by atoms with van der Waals surface area (Å²) < 4.78 is 5.80. The van der Waals surface area contributed by atoms with E-state index in [-0.39, 0.29) is 0 Å². The van der Waals surface area contributed by atoms with Gasteiger partial charge in [0.25, 0.3) is 0 Å². The summed E-state index contributed by atoms with van der Waals surface area (Å²) in [6.07, 6.45) is 4.92. The second kappa shape index (κ2) is 8.02. The molecule has 2 aromatic rings. The molecular weight excluding hydrogens is 286 g/mol. The molecule has 122 valence electrons. The van der Waals surface area contributed by atoms with Gasteiger partial charge in [0, 0.05) is 18.8 Å². The van der Waals surface area contributed by atoms with Gasteiger partial charge in [-0.2, -0.15) is 0 Å². The fourth-order valence-corrected chi connectivity index (χ4v) is 3.31. The number of aliphatic hydroxyl groups excluding tert-OH is 1. The monoisotopic (exact) mass is 311 g/mol. The predicted molar refractivity (Wildman–Crippen MR) is 94.0 cm³/mol. The topological polar surface area (TPSA) is 41.5 Å². The Hall–Kier alpha value is -2.00. The number of aliphatic hydroxyl groups is 1. The standard InChI is InChI=1S/C20H25NO2/c22-15-17-7-5-4-6-16(17)14-21-18-10-12-20(13-11-18)23-19-8-2-1-3-9-19/h1-3,8-13,16-17,21-22H,4-7,14-15H2. The van der Waals surface area contributed by atoms with Crippen molar-refractivity contribution >= 4 is 5.69 Å². The van der Waals surface area contributed by atoms with Crippen molar-refractivity contribution in [3.63, 3.8) is 0 Å². The van der Waals surface area contributed by atoms with Crippen molar-refractivity contribution in [2.75, 3.05) is 18.5 Å². The molecule has 0 amide bonds. The molecular formula is C20H25NO2. The van der Waals surface area contributed by atoms with Crippen LogP contribution in [-0.4, -0.2) is 18.3 Å².